The van der Waals surface area contributed by atoms with E-state index in [1.807, 2.05) is 0 Å². The van der Waals surface area contributed by atoms with Gasteiger partial charge in [-0.05, 0) is 29.8 Å². The Morgan fingerprint density at radius 2 is 1.65 bits per heavy atom. The molecule has 0 radical (unpaired) electrons. The minimum absolute atomic E-state index is 0.0165. The van der Waals surface area contributed by atoms with Crippen LogP contribution < -0.4 is 10.0 Å². The molecular formula is C16H14BrCl2FN2O3S. The Morgan fingerprint density at radius 3 is 2.23 bits per heavy atom. The summed E-state index contributed by atoms with van der Waals surface area (Å²) in [7, 11) is -3.93. The van der Waals surface area contributed by atoms with E-state index in [1.165, 1.54) is 36.4 Å². The van der Waals surface area contributed by atoms with Gasteiger partial charge in [0.2, 0.25) is 15.9 Å². The summed E-state index contributed by atoms with van der Waals surface area (Å²) in [6.07, 6.45) is 0.0669. The van der Waals surface area contributed by atoms with E-state index in [1.54, 1.807) is 0 Å². The zero-order chi connectivity index (χ0) is 19.3. The molecule has 0 fully saturated rings. The van der Waals surface area contributed by atoms with Gasteiger partial charge in [-0.15, -0.1) is 0 Å². The van der Waals surface area contributed by atoms with Crippen molar-refractivity contribution in [1.82, 2.24) is 10.0 Å². The second kappa shape index (κ2) is 9.14. The average Bonchev–Trinajstić information content (AvgIpc) is 2.52. The Morgan fingerprint density at radius 1 is 1.08 bits per heavy atom. The predicted molar refractivity (Wildman–Crippen MR) is 102 cm³/mol. The van der Waals surface area contributed by atoms with Crippen LogP contribution in [0.4, 0.5) is 4.39 Å². The molecule has 2 rings (SSSR count). The summed E-state index contributed by atoms with van der Waals surface area (Å²) in [6.45, 7) is 0.0330. The summed E-state index contributed by atoms with van der Waals surface area (Å²) >= 11 is 15.1. The van der Waals surface area contributed by atoms with Crippen molar-refractivity contribution in [3.8, 4) is 0 Å². The van der Waals surface area contributed by atoms with Gasteiger partial charge in [0.25, 0.3) is 0 Å². The maximum atomic E-state index is 12.8. The molecule has 140 valence electrons. The van der Waals surface area contributed by atoms with Gasteiger partial charge < -0.3 is 5.32 Å². The monoisotopic (exact) mass is 482 g/mol. The highest BCUT2D eigenvalue weighted by Crippen LogP contribution is 2.32. The number of halogens is 4. The van der Waals surface area contributed by atoms with Crippen LogP contribution in [-0.4, -0.2) is 27.4 Å². The maximum absolute atomic E-state index is 12.8. The van der Waals surface area contributed by atoms with Crippen LogP contribution in [0, 0.1) is 5.82 Å². The number of nitrogens with one attached hydrogen (secondary N) is 2. The largest absolute Gasteiger partial charge is 0.355 e. The lowest BCUT2D eigenvalue weighted by Crippen LogP contribution is -2.35. The van der Waals surface area contributed by atoms with Crippen molar-refractivity contribution in [3.63, 3.8) is 0 Å². The molecule has 0 unspecified atom stereocenters. The van der Waals surface area contributed by atoms with Crippen LogP contribution >= 0.6 is 39.1 Å². The highest BCUT2D eigenvalue weighted by molar-refractivity contribution is 9.10. The van der Waals surface area contributed by atoms with Crippen LogP contribution in [0.2, 0.25) is 10.0 Å². The normalized spacial score (nSPS) is 11.4. The highest BCUT2D eigenvalue weighted by atomic mass is 79.9. The van der Waals surface area contributed by atoms with E-state index in [0.29, 0.717) is 10.0 Å². The molecule has 10 heteroatoms. The van der Waals surface area contributed by atoms with Crippen LogP contribution in [0.15, 0.2) is 45.8 Å². The summed E-state index contributed by atoms with van der Waals surface area (Å²) < 4.78 is 40.3. The quantitative estimate of drug-likeness (QED) is 0.591. The van der Waals surface area contributed by atoms with Gasteiger partial charge in [-0.25, -0.2) is 17.5 Å². The van der Waals surface area contributed by atoms with Crippen LogP contribution in [-0.2, 0) is 21.2 Å². The smallest absolute Gasteiger partial charge is 0.243 e. The molecule has 26 heavy (non-hydrogen) atoms. The molecule has 2 N–H and O–H groups in total. The summed E-state index contributed by atoms with van der Waals surface area (Å²) in [5, 5.41) is 2.54. The van der Waals surface area contributed by atoms with Gasteiger partial charge in [0.1, 0.15) is 10.7 Å². The molecular weight excluding hydrogens is 470 g/mol. The van der Waals surface area contributed by atoms with Crippen LogP contribution in [0.3, 0.4) is 0 Å². The van der Waals surface area contributed by atoms with Gasteiger partial charge in [0.15, 0.2) is 0 Å². The second-order valence-corrected chi connectivity index (χ2v) is 8.68. The van der Waals surface area contributed by atoms with Crippen molar-refractivity contribution in [3.05, 3.63) is 62.3 Å². The van der Waals surface area contributed by atoms with Crippen molar-refractivity contribution < 1.29 is 17.6 Å². The summed E-state index contributed by atoms with van der Waals surface area (Å²) in [5.74, 6) is -0.690. The Balaban J connectivity index is 1.87. The van der Waals surface area contributed by atoms with Crippen LogP contribution in [0.1, 0.15) is 5.56 Å². The molecule has 0 aromatic heterocycles. The van der Waals surface area contributed by atoms with Gasteiger partial charge in [0.05, 0.1) is 16.5 Å². The van der Waals surface area contributed by atoms with Crippen molar-refractivity contribution in [2.75, 3.05) is 13.1 Å². The zero-order valence-electron chi connectivity index (χ0n) is 13.2. The lowest BCUT2D eigenvalue weighted by atomic mass is 10.1. The molecule has 0 spiro atoms. The third-order valence-corrected chi connectivity index (χ3v) is 6.09. The third-order valence-electron chi connectivity index (χ3n) is 3.25. The van der Waals surface area contributed by atoms with Gasteiger partial charge in [-0.2, -0.15) is 0 Å². The third kappa shape index (κ3) is 5.92. The molecule has 0 aliphatic carbocycles. The first kappa shape index (κ1) is 21.1. The van der Waals surface area contributed by atoms with E-state index in [0.717, 1.165) is 0 Å². The molecule has 0 atom stereocenters. The van der Waals surface area contributed by atoms with E-state index in [9.17, 15) is 17.6 Å². The van der Waals surface area contributed by atoms with E-state index in [2.05, 4.69) is 26.0 Å². The second-order valence-electron chi connectivity index (χ2n) is 5.25. The van der Waals surface area contributed by atoms with Gasteiger partial charge >= 0.3 is 0 Å². The number of amides is 1. The van der Waals surface area contributed by atoms with Gasteiger partial charge in [0, 0.05) is 17.6 Å². The predicted octanol–water partition coefficient (Wildman–Crippen LogP) is 3.53. The Kier molecular flexibility index (Phi) is 7.42. The van der Waals surface area contributed by atoms with Crippen LogP contribution in [0.25, 0.3) is 0 Å². The first-order chi connectivity index (χ1) is 12.2. The minimum Gasteiger partial charge on any atom is -0.355 e. The molecule has 0 saturated heterocycles. The number of rotatable bonds is 7. The number of carbonyl (C=O) groups excluding carboxylic acids is 1. The Bertz CT molecular complexity index is 885. The van der Waals surface area contributed by atoms with Crippen LogP contribution in [0.5, 0.6) is 0 Å². The SMILES string of the molecule is O=C(Cc1ccc(F)cc1)NCCNS(=O)(=O)c1c(Cl)cc(Br)cc1Cl. The lowest BCUT2D eigenvalue weighted by molar-refractivity contribution is -0.120. The van der Waals surface area contributed by atoms with E-state index in [-0.39, 0.29) is 46.2 Å². The van der Waals surface area contributed by atoms with Gasteiger partial charge in [-0.3, -0.25) is 4.79 Å². The van der Waals surface area contributed by atoms with Crippen molar-refractivity contribution in [2.45, 2.75) is 11.3 Å². The fraction of sp³-hybridized carbons (Fsp3) is 0.188. The molecule has 2 aromatic rings. The molecule has 5 nitrogen and oxygen atoms in total. The number of sulfonamides is 1. The number of hydrogen-bond donors (Lipinski definition) is 2. The standard InChI is InChI=1S/C16H14BrCl2FN2O3S/c17-11-8-13(18)16(14(19)9-11)26(24,25)22-6-5-21-15(23)7-10-1-3-12(20)4-2-10/h1-4,8-9,22H,5-7H2,(H,21,23). The molecule has 0 saturated carbocycles. The topological polar surface area (TPSA) is 75.3 Å². The van der Waals surface area contributed by atoms with E-state index < -0.39 is 10.0 Å². The fourth-order valence-corrected chi connectivity index (χ4v) is 5.06. The molecule has 0 heterocycles. The average molecular weight is 484 g/mol. The van der Waals surface area contributed by atoms with Gasteiger partial charge in [-0.1, -0.05) is 51.3 Å². The van der Waals surface area contributed by atoms with E-state index >= 15 is 0 Å². The number of benzene rings is 2. The summed E-state index contributed by atoms with van der Waals surface area (Å²) in [6, 6.07) is 8.40. The first-order valence-corrected chi connectivity index (χ1v) is 10.4. The molecule has 0 bridgehead atoms. The summed E-state index contributed by atoms with van der Waals surface area (Å²) in [4.78, 5) is 11.6. The van der Waals surface area contributed by atoms with E-state index in [4.69, 9.17) is 23.2 Å². The lowest BCUT2D eigenvalue weighted by Gasteiger charge is -2.11. The molecule has 0 aliphatic rings. The number of hydrogen-bond acceptors (Lipinski definition) is 3. The molecule has 0 aliphatic heterocycles. The zero-order valence-corrected chi connectivity index (χ0v) is 17.1. The summed E-state index contributed by atoms with van der Waals surface area (Å²) in [5.41, 5.74) is 0.651. The Hall–Kier alpha value is -1.19. The fourth-order valence-electron chi connectivity index (χ4n) is 2.10. The minimum atomic E-state index is -3.93. The maximum Gasteiger partial charge on any atom is 0.243 e. The van der Waals surface area contributed by atoms with Crippen molar-refractivity contribution in [2.24, 2.45) is 0 Å². The first-order valence-electron chi connectivity index (χ1n) is 7.34. The molecule has 1 amide bonds. The highest BCUT2D eigenvalue weighted by Gasteiger charge is 2.22. The molecule has 2 aromatic carbocycles. The van der Waals surface area contributed by atoms with Crippen molar-refractivity contribution >= 4 is 55.1 Å². The number of carbonyl (C=O) groups is 1. The van der Waals surface area contributed by atoms with Crippen molar-refractivity contribution in [1.29, 1.82) is 0 Å². The Labute approximate surface area is 169 Å².